The van der Waals surface area contributed by atoms with Crippen LogP contribution in [0.4, 0.5) is 16.2 Å². The van der Waals surface area contributed by atoms with Gasteiger partial charge in [-0.3, -0.25) is 14.9 Å². The van der Waals surface area contributed by atoms with E-state index < -0.39 is 17.8 Å². The number of carbonyl (C=O) groups is 3. The number of nitrogens with one attached hydrogen (secondary N) is 1. The number of urea groups is 1. The molecule has 1 fully saturated rings. The van der Waals surface area contributed by atoms with Gasteiger partial charge in [0.25, 0.3) is 11.8 Å². The number of terminal acetylenes is 1. The van der Waals surface area contributed by atoms with E-state index in [0.717, 1.165) is 42.0 Å². The maximum absolute atomic E-state index is 14.2. The molecule has 0 unspecified atom stereocenters. The number of benzene rings is 4. The van der Waals surface area contributed by atoms with Gasteiger partial charge in [-0.15, -0.1) is 6.42 Å². The number of imide groups is 2. The van der Waals surface area contributed by atoms with Gasteiger partial charge in [-0.25, -0.2) is 9.69 Å². The summed E-state index contributed by atoms with van der Waals surface area (Å²) in [5.74, 6) is 1.93. The van der Waals surface area contributed by atoms with E-state index in [4.69, 9.17) is 15.9 Å². The second kappa shape index (κ2) is 12.5. The van der Waals surface area contributed by atoms with Crippen molar-refractivity contribution in [3.63, 3.8) is 0 Å². The summed E-state index contributed by atoms with van der Waals surface area (Å²) >= 11 is 0. The maximum atomic E-state index is 14.2. The van der Waals surface area contributed by atoms with E-state index in [1.54, 1.807) is 18.2 Å². The van der Waals surface area contributed by atoms with Crippen LogP contribution in [0.2, 0.25) is 0 Å². The minimum absolute atomic E-state index is 0.0611. The zero-order valence-corrected chi connectivity index (χ0v) is 25.9. The van der Waals surface area contributed by atoms with Crippen molar-refractivity contribution in [3.05, 3.63) is 124 Å². The van der Waals surface area contributed by atoms with Crippen LogP contribution >= 0.6 is 0 Å². The number of amides is 4. The van der Waals surface area contributed by atoms with Gasteiger partial charge in [-0.2, -0.15) is 0 Å². The fraction of sp³-hybridized carbons (Fsp3) is 0.205. The molecular weight excluding hydrogens is 590 g/mol. The highest BCUT2D eigenvalue weighted by Crippen LogP contribution is 2.50. The van der Waals surface area contributed by atoms with Crippen molar-refractivity contribution in [2.24, 2.45) is 0 Å². The van der Waals surface area contributed by atoms with Gasteiger partial charge in [0.15, 0.2) is 11.5 Å². The monoisotopic (exact) mass is 623 g/mol. The first kappa shape index (κ1) is 29.9. The Kier molecular flexibility index (Phi) is 7.96. The molecule has 4 amide bonds. The van der Waals surface area contributed by atoms with Gasteiger partial charge in [-0.05, 0) is 71.0 Å². The number of barbiturate groups is 1. The van der Waals surface area contributed by atoms with Crippen molar-refractivity contribution in [1.29, 1.82) is 0 Å². The summed E-state index contributed by atoms with van der Waals surface area (Å²) in [5, 5.41) is 2.39. The average molecular weight is 624 g/mol. The summed E-state index contributed by atoms with van der Waals surface area (Å²) in [6, 6.07) is 28.8. The van der Waals surface area contributed by atoms with E-state index in [1.807, 2.05) is 48.5 Å². The van der Waals surface area contributed by atoms with Gasteiger partial charge >= 0.3 is 6.03 Å². The quantitative estimate of drug-likeness (QED) is 0.149. The van der Waals surface area contributed by atoms with Crippen LogP contribution in [-0.2, 0) is 9.59 Å². The highest BCUT2D eigenvalue weighted by atomic mass is 16.5. The number of ether oxygens (including phenoxy) is 2. The summed E-state index contributed by atoms with van der Waals surface area (Å²) < 4.78 is 11.0. The molecule has 3 heterocycles. The predicted octanol–water partition coefficient (Wildman–Crippen LogP) is 6.25. The minimum Gasteiger partial charge on any atom is -0.493 e. The summed E-state index contributed by atoms with van der Waals surface area (Å²) in [5.41, 5.74) is 6.47. The summed E-state index contributed by atoms with van der Waals surface area (Å²) in [7, 11) is 1.49. The lowest BCUT2D eigenvalue weighted by molar-refractivity contribution is -0.122. The number of anilines is 2. The van der Waals surface area contributed by atoms with Gasteiger partial charge in [-0.1, -0.05) is 72.7 Å². The predicted molar refractivity (Wildman–Crippen MR) is 181 cm³/mol. The molecule has 4 aromatic carbocycles. The fourth-order valence-corrected chi connectivity index (χ4v) is 7.04. The number of nitrogens with zero attached hydrogens (tertiary/aromatic N) is 2. The molecule has 3 aliphatic heterocycles. The highest BCUT2D eigenvalue weighted by Gasteiger charge is 2.40. The lowest BCUT2D eigenvalue weighted by atomic mass is 9.76. The van der Waals surface area contributed by atoms with E-state index in [-0.39, 0.29) is 24.0 Å². The van der Waals surface area contributed by atoms with Gasteiger partial charge in [0.1, 0.15) is 12.2 Å². The van der Waals surface area contributed by atoms with Crippen molar-refractivity contribution in [2.75, 3.05) is 36.6 Å². The second-order valence-electron chi connectivity index (χ2n) is 11.8. The van der Waals surface area contributed by atoms with Crippen molar-refractivity contribution in [3.8, 4) is 23.8 Å². The third kappa shape index (κ3) is 5.50. The smallest absolute Gasteiger partial charge is 0.335 e. The second-order valence-corrected chi connectivity index (χ2v) is 11.8. The van der Waals surface area contributed by atoms with Gasteiger partial charge in [0.05, 0.1) is 12.8 Å². The van der Waals surface area contributed by atoms with Crippen molar-refractivity contribution >= 4 is 35.3 Å². The van der Waals surface area contributed by atoms with Crippen molar-refractivity contribution in [2.45, 2.75) is 24.7 Å². The normalized spacial score (nSPS) is 19.6. The first-order valence-electron chi connectivity index (χ1n) is 15.6. The minimum atomic E-state index is -0.782. The van der Waals surface area contributed by atoms with Gasteiger partial charge in [0.2, 0.25) is 0 Å². The van der Waals surface area contributed by atoms with Crippen molar-refractivity contribution in [1.82, 2.24) is 5.32 Å². The number of hydrogen-bond donors (Lipinski definition) is 1. The Morgan fingerprint density at radius 1 is 0.851 bits per heavy atom. The Morgan fingerprint density at radius 3 is 2.04 bits per heavy atom. The molecule has 4 aromatic rings. The molecule has 234 valence electrons. The lowest BCUT2D eigenvalue weighted by Crippen LogP contribution is -2.54. The number of rotatable bonds is 7. The number of methoxy groups -OCH3 is 1. The molecule has 0 saturated carbocycles. The summed E-state index contributed by atoms with van der Waals surface area (Å²) in [4.78, 5) is 44.3. The van der Waals surface area contributed by atoms with Crippen LogP contribution in [0.1, 0.15) is 52.5 Å². The van der Waals surface area contributed by atoms with Crippen LogP contribution in [-0.4, -0.2) is 44.7 Å². The molecule has 47 heavy (non-hydrogen) atoms. The molecule has 1 saturated heterocycles. The SMILES string of the molecule is C#CCOc1ccc(/C=C2\C(=O)NC(=O)N(c3cc4c5c(c3)[C@@H](c3ccccc3)CCN5CC[C@@H]4c3ccccc3)C2=O)cc1OC. The first-order valence-corrected chi connectivity index (χ1v) is 15.6. The molecule has 8 nitrogen and oxygen atoms in total. The zero-order valence-electron chi connectivity index (χ0n) is 25.9. The first-order chi connectivity index (χ1) is 23.0. The molecule has 7 rings (SSSR count). The van der Waals surface area contributed by atoms with E-state index in [2.05, 4.69) is 40.4 Å². The molecule has 0 radical (unpaired) electrons. The van der Waals surface area contributed by atoms with Crippen molar-refractivity contribution < 1.29 is 23.9 Å². The number of carbonyl (C=O) groups excluding carboxylic acids is 3. The van der Waals surface area contributed by atoms with Crippen LogP contribution < -0.4 is 24.6 Å². The van der Waals surface area contributed by atoms with E-state index in [9.17, 15) is 14.4 Å². The molecule has 0 spiro atoms. The third-order valence-electron chi connectivity index (χ3n) is 9.17. The van der Waals surface area contributed by atoms with Gasteiger partial charge < -0.3 is 14.4 Å². The number of hydrogen-bond acceptors (Lipinski definition) is 6. The van der Waals surface area contributed by atoms with E-state index >= 15 is 0 Å². The maximum Gasteiger partial charge on any atom is 0.335 e. The standard InChI is InChI=1S/C39H33N3O5/c1-3-20-47-34-15-14-25(22-35(34)46-2)21-33-37(43)40-39(45)42(38(33)44)28-23-31-29(26-10-6-4-7-11-26)16-18-41-19-17-30(32(24-28)36(31)41)27-12-8-5-9-13-27/h1,4-15,21-24,29-30H,16-20H2,2H3,(H,40,43,45)/b33-21+/t29-,30-/m1/s1. The van der Waals surface area contributed by atoms with Crippen LogP contribution in [0, 0.1) is 12.3 Å². The Labute approximate surface area is 273 Å². The average Bonchev–Trinajstić information content (AvgIpc) is 3.10. The molecule has 8 heteroatoms. The Balaban J connectivity index is 1.34. The van der Waals surface area contributed by atoms with Gasteiger partial charge in [0, 0.05) is 30.6 Å². The van der Waals surface area contributed by atoms with E-state index in [1.165, 1.54) is 30.0 Å². The fourth-order valence-electron chi connectivity index (χ4n) is 7.04. The van der Waals surface area contributed by atoms with E-state index in [0.29, 0.717) is 22.7 Å². The highest BCUT2D eigenvalue weighted by molar-refractivity contribution is 6.39. The zero-order chi connectivity index (χ0) is 32.5. The Morgan fingerprint density at radius 2 is 1.47 bits per heavy atom. The molecule has 0 bridgehead atoms. The van der Waals surface area contributed by atoms with Crippen LogP contribution in [0.3, 0.4) is 0 Å². The molecule has 2 atom stereocenters. The molecule has 3 aliphatic rings. The summed E-state index contributed by atoms with van der Waals surface area (Å²) in [6.45, 7) is 1.90. The third-order valence-corrected chi connectivity index (χ3v) is 9.17. The Hall–Kier alpha value is -5.81. The Bertz CT molecular complexity index is 1870. The van der Waals surface area contributed by atoms with Crippen LogP contribution in [0.25, 0.3) is 6.08 Å². The molecule has 0 aromatic heterocycles. The van der Waals surface area contributed by atoms with Crippen LogP contribution in [0.5, 0.6) is 11.5 Å². The summed E-state index contributed by atoms with van der Waals surface area (Å²) in [6.07, 6.45) is 8.59. The molecule has 0 aliphatic carbocycles. The lowest BCUT2D eigenvalue weighted by Gasteiger charge is -2.44. The van der Waals surface area contributed by atoms with Crippen LogP contribution in [0.15, 0.2) is 96.6 Å². The molecular formula is C39H33N3O5. The largest absolute Gasteiger partial charge is 0.493 e. The molecule has 1 N–H and O–H groups in total. The topological polar surface area (TPSA) is 88.2 Å².